The minimum absolute atomic E-state index is 0.0187. The van der Waals surface area contributed by atoms with Crippen LogP contribution in [0.1, 0.15) is 11.7 Å². The summed E-state index contributed by atoms with van der Waals surface area (Å²) in [6, 6.07) is 9.75. The number of aliphatic hydroxyl groups is 1. The Bertz CT molecular complexity index is 803. The fourth-order valence-corrected chi connectivity index (χ4v) is 2.63. The van der Waals surface area contributed by atoms with Crippen LogP contribution in [0, 0.1) is 11.6 Å². The molecule has 3 nitrogen and oxygen atoms in total. The molecule has 108 valence electrons. The second kappa shape index (κ2) is 5.54. The summed E-state index contributed by atoms with van der Waals surface area (Å²) in [6.07, 6.45) is 0.238. The van der Waals surface area contributed by atoms with Crippen LogP contribution < -0.4 is 0 Å². The van der Waals surface area contributed by atoms with Crippen molar-refractivity contribution in [1.82, 2.24) is 9.55 Å². The normalized spacial score (nSPS) is 12.8. The summed E-state index contributed by atoms with van der Waals surface area (Å²) in [6.45, 7) is 0.0187. The van der Waals surface area contributed by atoms with Crippen molar-refractivity contribution in [3.05, 3.63) is 64.4 Å². The first-order valence-corrected chi connectivity index (χ1v) is 7.08. The SMILES string of the molecule is OC(Cn1cnc2ccccc21)c1c(F)ccc(Br)c1F. The van der Waals surface area contributed by atoms with Crippen molar-refractivity contribution in [3.63, 3.8) is 0 Å². The minimum atomic E-state index is -1.31. The van der Waals surface area contributed by atoms with Crippen LogP contribution in [0.4, 0.5) is 8.78 Å². The van der Waals surface area contributed by atoms with E-state index in [9.17, 15) is 13.9 Å². The number of benzene rings is 2. The van der Waals surface area contributed by atoms with E-state index in [0.717, 1.165) is 17.1 Å². The lowest BCUT2D eigenvalue weighted by Crippen LogP contribution is -2.12. The summed E-state index contributed by atoms with van der Waals surface area (Å²) in [7, 11) is 0. The Morgan fingerprint density at radius 2 is 1.95 bits per heavy atom. The molecule has 0 amide bonds. The number of aliphatic hydroxyl groups excluding tert-OH is 1. The Hall–Kier alpha value is -1.79. The second-order valence-electron chi connectivity index (χ2n) is 4.66. The molecule has 0 aliphatic rings. The highest BCUT2D eigenvalue weighted by molar-refractivity contribution is 9.10. The van der Waals surface area contributed by atoms with Crippen molar-refractivity contribution in [2.75, 3.05) is 0 Å². The van der Waals surface area contributed by atoms with Gasteiger partial charge in [0.25, 0.3) is 0 Å². The number of hydrogen-bond donors (Lipinski definition) is 1. The van der Waals surface area contributed by atoms with Crippen LogP contribution in [0.25, 0.3) is 11.0 Å². The summed E-state index contributed by atoms with van der Waals surface area (Å²) in [4.78, 5) is 4.18. The number of para-hydroxylation sites is 2. The van der Waals surface area contributed by atoms with Crippen molar-refractivity contribution in [2.45, 2.75) is 12.6 Å². The van der Waals surface area contributed by atoms with E-state index in [-0.39, 0.29) is 16.6 Å². The van der Waals surface area contributed by atoms with E-state index in [1.807, 2.05) is 24.3 Å². The fourth-order valence-electron chi connectivity index (χ4n) is 2.28. The van der Waals surface area contributed by atoms with Crippen molar-refractivity contribution in [1.29, 1.82) is 0 Å². The van der Waals surface area contributed by atoms with Gasteiger partial charge in [0, 0.05) is 0 Å². The molecule has 0 saturated carbocycles. The predicted molar refractivity (Wildman–Crippen MR) is 78.8 cm³/mol. The third-order valence-corrected chi connectivity index (χ3v) is 3.92. The van der Waals surface area contributed by atoms with E-state index in [1.165, 1.54) is 6.07 Å². The maximum absolute atomic E-state index is 14.0. The average molecular weight is 353 g/mol. The zero-order valence-corrected chi connectivity index (χ0v) is 12.4. The smallest absolute Gasteiger partial charge is 0.146 e. The fraction of sp³-hybridized carbons (Fsp3) is 0.133. The average Bonchev–Trinajstić information content (AvgIpc) is 2.87. The van der Waals surface area contributed by atoms with Crippen LogP contribution in [-0.2, 0) is 6.54 Å². The van der Waals surface area contributed by atoms with Gasteiger partial charge in [-0.25, -0.2) is 13.8 Å². The van der Waals surface area contributed by atoms with Crippen LogP contribution in [0.5, 0.6) is 0 Å². The highest BCUT2D eigenvalue weighted by atomic mass is 79.9. The molecular weight excluding hydrogens is 342 g/mol. The monoisotopic (exact) mass is 352 g/mol. The van der Waals surface area contributed by atoms with E-state index in [1.54, 1.807) is 10.9 Å². The maximum Gasteiger partial charge on any atom is 0.146 e. The van der Waals surface area contributed by atoms with Crippen LogP contribution in [0.2, 0.25) is 0 Å². The van der Waals surface area contributed by atoms with Crippen molar-refractivity contribution in [3.8, 4) is 0 Å². The highest BCUT2D eigenvalue weighted by Gasteiger charge is 2.21. The molecular formula is C15H11BrF2N2O. The predicted octanol–water partition coefficient (Wildman–Crippen LogP) is 3.81. The topological polar surface area (TPSA) is 38.0 Å². The van der Waals surface area contributed by atoms with E-state index in [2.05, 4.69) is 20.9 Å². The van der Waals surface area contributed by atoms with Gasteiger partial charge in [-0.15, -0.1) is 0 Å². The summed E-state index contributed by atoms with van der Waals surface area (Å²) < 4.78 is 29.5. The summed E-state index contributed by atoms with van der Waals surface area (Å²) in [5.74, 6) is -1.56. The molecule has 1 atom stereocenters. The Kier molecular flexibility index (Phi) is 3.73. The lowest BCUT2D eigenvalue weighted by Gasteiger charge is -2.15. The van der Waals surface area contributed by atoms with Crippen molar-refractivity contribution in [2.24, 2.45) is 0 Å². The molecule has 0 spiro atoms. The lowest BCUT2D eigenvalue weighted by molar-refractivity contribution is 0.148. The first kappa shape index (κ1) is 14.2. The Labute approximate surface area is 128 Å². The van der Waals surface area contributed by atoms with E-state index in [0.29, 0.717) is 0 Å². The quantitative estimate of drug-likeness (QED) is 0.728. The zero-order valence-electron chi connectivity index (χ0n) is 10.8. The third-order valence-electron chi connectivity index (χ3n) is 3.31. The standard InChI is InChI=1S/C15H11BrF2N2O/c16-9-5-6-10(17)14(15(9)18)13(21)7-20-8-19-11-3-1-2-4-12(11)20/h1-6,8,13,21H,7H2. The first-order valence-electron chi connectivity index (χ1n) is 6.29. The van der Waals surface area contributed by atoms with Gasteiger partial charge < -0.3 is 9.67 Å². The molecule has 6 heteroatoms. The van der Waals surface area contributed by atoms with Crippen molar-refractivity contribution >= 4 is 27.0 Å². The summed E-state index contributed by atoms with van der Waals surface area (Å²) in [5, 5.41) is 10.2. The van der Waals surface area contributed by atoms with Gasteiger partial charge in [-0.1, -0.05) is 12.1 Å². The largest absolute Gasteiger partial charge is 0.386 e. The molecule has 1 aromatic heterocycles. The van der Waals surface area contributed by atoms with E-state index in [4.69, 9.17) is 0 Å². The number of nitrogens with zero attached hydrogens (tertiary/aromatic N) is 2. The minimum Gasteiger partial charge on any atom is -0.386 e. The van der Waals surface area contributed by atoms with Gasteiger partial charge in [0.2, 0.25) is 0 Å². The molecule has 0 radical (unpaired) electrons. The van der Waals surface area contributed by atoms with Gasteiger partial charge in [0.1, 0.15) is 17.7 Å². The molecule has 0 bridgehead atoms. The number of fused-ring (bicyclic) bond motifs is 1. The number of aromatic nitrogens is 2. The molecule has 3 rings (SSSR count). The molecule has 3 aromatic rings. The van der Waals surface area contributed by atoms with E-state index >= 15 is 0 Å². The van der Waals surface area contributed by atoms with Crippen molar-refractivity contribution < 1.29 is 13.9 Å². The number of hydrogen-bond acceptors (Lipinski definition) is 2. The molecule has 1 N–H and O–H groups in total. The number of imidazole rings is 1. The summed E-state index contributed by atoms with van der Waals surface area (Å²) in [5.41, 5.74) is 1.22. The van der Waals surface area contributed by atoms with Crippen LogP contribution >= 0.6 is 15.9 Å². The Morgan fingerprint density at radius 3 is 2.76 bits per heavy atom. The molecule has 0 aliphatic heterocycles. The van der Waals surface area contributed by atoms with Gasteiger partial charge in [0.15, 0.2) is 0 Å². The molecule has 0 fully saturated rings. The maximum atomic E-state index is 14.0. The molecule has 2 aromatic carbocycles. The van der Waals surface area contributed by atoms with Crippen LogP contribution in [0.15, 0.2) is 47.2 Å². The zero-order chi connectivity index (χ0) is 15.0. The molecule has 1 heterocycles. The Morgan fingerprint density at radius 1 is 1.19 bits per heavy atom. The lowest BCUT2D eigenvalue weighted by atomic mass is 10.1. The van der Waals surface area contributed by atoms with Gasteiger partial charge in [0.05, 0.1) is 33.9 Å². The van der Waals surface area contributed by atoms with Crippen LogP contribution in [-0.4, -0.2) is 14.7 Å². The van der Waals surface area contributed by atoms with Gasteiger partial charge in [-0.05, 0) is 40.2 Å². The Balaban J connectivity index is 1.97. The van der Waals surface area contributed by atoms with Gasteiger partial charge in [-0.2, -0.15) is 0 Å². The van der Waals surface area contributed by atoms with Crippen LogP contribution in [0.3, 0.4) is 0 Å². The summed E-state index contributed by atoms with van der Waals surface area (Å²) >= 11 is 2.99. The highest BCUT2D eigenvalue weighted by Crippen LogP contribution is 2.28. The number of rotatable bonds is 3. The second-order valence-corrected chi connectivity index (χ2v) is 5.51. The van der Waals surface area contributed by atoms with E-state index < -0.39 is 17.7 Å². The third kappa shape index (κ3) is 2.56. The molecule has 0 saturated heterocycles. The number of halogens is 3. The molecule has 0 aliphatic carbocycles. The molecule has 1 unspecified atom stereocenters. The first-order chi connectivity index (χ1) is 10.1. The molecule has 21 heavy (non-hydrogen) atoms. The van der Waals surface area contributed by atoms with Gasteiger partial charge >= 0.3 is 0 Å². The van der Waals surface area contributed by atoms with Gasteiger partial charge in [-0.3, -0.25) is 0 Å².